The van der Waals surface area contributed by atoms with Crippen LogP contribution in [0.3, 0.4) is 0 Å². The molecule has 2 unspecified atom stereocenters. The molecule has 2 atom stereocenters. The van der Waals surface area contributed by atoms with Gasteiger partial charge in [-0.2, -0.15) is 11.8 Å². The second kappa shape index (κ2) is 5.97. The zero-order valence-corrected chi connectivity index (χ0v) is 9.82. The number of carbonyl (C=O) groups is 2. The summed E-state index contributed by atoms with van der Waals surface area (Å²) < 4.78 is 0. The van der Waals surface area contributed by atoms with E-state index < -0.39 is 0 Å². The highest BCUT2D eigenvalue weighted by Crippen LogP contribution is 2.02. The number of hydrogen-bond acceptors (Lipinski definition) is 4. The molecule has 0 aromatic carbocycles. The second-order valence-electron chi connectivity index (χ2n) is 3.53. The van der Waals surface area contributed by atoms with Crippen molar-refractivity contribution < 1.29 is 9.59 Å². The van der Waals surface area contributed by atoms with Crippen LogP contribution >= 0.6 is 11.8 Å². The first kappa shape index (κ1) is 12.3. The van der Waals surface area contributed by atoms with Gasteiger partial charge in [-0.3, -0.25) is 14.9 Å². The van der Waals surface area contributed by atoms with E-state index in [9.17, 15) is 9.59 Å². The Bertz CT molecular complexity index is 238. The van der Waals surface area contributed by atoms with Crippen molar-refractivity contribution in [3.8, 4) is 0 Å². The molecule has 0 radical (unpaired) electrons. The number of amides is 2. The van der Waals surface area contributed by atoms with E-state index in [1.165, 1.54) is 0 Å². The fourth-order valence-electron chi connectivity index (χ4n) is 1.20. The summed E-state index contributed by atoms with van der Waals surface area (Å²) in [4.78, 5) is 22.4. The van der Waals surface area contributed by atoms with Gasteiger partial charge in [0.25, 0.3) is 0 Å². The first-order chi connectivity index (χ1) is 7.13. The molecule has 1 aliphatic heterocycles. The van der Waals surface area contributed by atoms with Crippen LogP contribution in [0, 0.1) is 0 Å². The van der Waals surface area contributed by atoms with E-state index in [1.807, 2.05) is 6.26 Å². The average Bonchev–Trinajstić information content (AvgIpc) is 2.26. The van der Waals surface area contributed by atoms with Crippen LogP contribution in [-0.2, 0) is 9.59 Å². The minimum atomic E-state index is -0.295. The number of rotatable bonds is 4. The van der Waals surface area contributed by atoms with Gasteiger partial charge in [0.15, 0.2) is 0 Å². The maximum absolute atomic E-state index is 11.6. The zero-order chi connectivity index (χ0) is 11.3. The van der Waals surface area contributed by atoms with Crippen LogP contribution in [-0.4, -0.2) is 49.0 Å². The summed E-state index contributed by atoms with van der Waals surface area (Å²) in [6, 6.07) is -0.295. The average molecular weight is 231 g/mol. The third kappa shape index (κ3) is 4.09. The fourth-order valence-corrected chi connectivity index (χ4v) is 1.45. The molecule has 0 bridgehead atoms. The van der Waals surface area contributed by atoms with Crippen molar-refractivity contribution in [3.63, 3.8) is 0 Å². The Morgan fingerprint density at radius 2 is 2.47 bits per heavy atom. The molecule has 15 heavy (non-hydrogen) atoms. The van der Waals surface area contributed by atoms with Crippen LogP contribution in [0.2, 0.25) is 0 Å². The molecule has 1 heterocycles. The number of thioether (sulfide) groups is 1. The van der Waals surface area contributed by atoms with Crippen molar-refractivity contribution >= 4 is 23.6 Å². The van der Waals surface area contributed by atoms with Crippen LogP contribution in [0.1, 0.15) is 6.92 Å². The molecule has 0 aromatic heterocycles. The monoisotopic (exact) mass is 231 g/mol. The first-order valence-electron chi connectivity index (χ1n) is 4.94. The van der Waals surface area contributed by atoms with Gasteiger partial charge in [-0.05, 0) is 6.26 Å². The fraction of sp³-hybridized carbons (Fsp3) is 0.778. The summed E-state index contributed by atoms with van der Waals surface area (Å²) >= 11 is 1.71. The third-order valence-corrected chi connectivity index (χ3v) is 3.27. The Hall–Kier alpha value is -0.750. The van der Waals surface area contributed by atoms with E-state index in [1.54, 1.807) is 11.8 Å². The topological polar surface area (TPSA) is 70.2 Å². The molecule has 86 valence electrons. The standard InChI is InChI=1S/C9H17N3O2S/c1-6(15-2)3-12-9(14)7-4-11-8(13)5-10-7/h6-7,10H,3-5H2,1-2H3,(H,11,13)(H,12,14). The summed E-state index contributed by atoms with van der Waals surface area (Å²) in [6.45, 7) is 3.31. The Kier molecular flexibility index (Phi) is 4.90. The molecule has 1 saturated heterocycles. The van der Waals surface area contributed by atoms with Gasteiger partial charge in [0, 0.05) is 18.3 Å². The number of carbonyl (C=O) groups excluding carboxylic acids is 2. The second-order valence-corrected chi connectivity index (χ2v) is 4.81. The van der Waals surface area contributed by atoms with Crippen LogP contribution < -0.4 is 16.0 Å². The Morgan fingerprint density at radius 3 is 3.00 bits per heavy atom. The summed E-state index contributed by atoms with van der Waals surface area (Å²) in [7, 11) is 0. The van der Waals surface area contributed by atoms with Gasteiger partial charge < -0.3 is 10.6 Å². The summed E-state index contributed by atoms with van der Waals surface area (Å²) in [5.74, 6) is -0.104. The number of piperazine rings is 1. The van der Waals surface area contributed by atoms with Crippen LogP contribution in [0.5, 0.6) is 0 Å². The third-order valence-electron chi connectivity index (χ3n) is 2.29. The van der Waals surface area contributed by atoms with E-state index >= 15 is 0 Å². The largest absolute Gasteiger partial charge is 0.354 e. The maximum atomic E-state index is 11.6. The normalized spacial score (nSPS) is 23.1. The van der Waals surface area contributed by atoms with Crippen molar-refractivity contribution in [1.82, 2.24) is 16.0 Å². The lowest BCUT2D eigenvalue weighted by atomic mass is 10.2. The van der Waals surface area contributed by atoms with Crippen LogP contribution in [0.15, 0.2) is 0 Å². The lowest BCUT2D eigenvalue weighted by Gasteiger charge is -2.23. The first-order valence-corrected chi connectivity index (χ1v) is 6.23. The predicted molar refractivity (Wildman–Crippen MR) is 60.8 cm³/mol. The predicted octanol–water partition coefficient (Wildman–Crippen LogP) is -1.06. The summed E-state index contributed by atoms with van der Waals surface area (Å²) in [5.41, 5.74) is 0. The van der Waals surface area contributed by atoms with Crippen molar-refractivity contribution in [3.05, 3.63) is 0 Å². The van der Waals surface area contributed by atoms with Gasteiger partial charge in [0.1, 0.15) is 6.04 Å². The van der Waals surface area contributed by atoms with Crippen molar-refractivity contribution in [2.75, 3.05) is 25.9 Å². The molecular formula is C9H17N3O2S. The molecular weight excluding hydrogens is 214 g/mol. The van der Waals surface area contributed by atoms with Crippen LogP contribution in [0.4, 0.5) is 0 Å². The molecule has 0 aromatic rings. The highest BCUT2D eigenvalue weighted by atomic mass is 32.2. The molecule has 0 aliphatic carbocycles. The molecule has 5 nitrogen and oxygen atoms in total. The lowest BCUT2D eigenvalue weighted by molar-refractivity contribution is -0.126. The van der Waals surface area contributed by atoms with Crippen molar-refractivity contribution in [2.24, 2.45) is 0 Å². The van der Waals surface area contributed by atoms with E-state index in [-0.39, 0.29) is 24.4 Å². The lowest BCUT2D eigenvalue weighted by Crippen LogP contribution is -2.58. The molecule has 2 amide bonds. The number of nitrogens with one attached hydrogen (secondary N) is 3. The van der Waals surface area contributed by atoms with Gasteiger partial charge in [0.05, 0.1) is 6.54 Å². The SMILES string of the molecule is CSC(C)CNC(=O)C1CNC(=O)CN1. The van der Waals surface area contributed by atoms with E-state index in [2.05, 4.69) is 22.9 Å². The molecule has 1 rings (SSSR count). The van der Waals surface area contributed by atoms with Gasteiger partial charge in [-0.25, -0.2) is 0 Å². The molecule has 0 spiro atoms. The maximum Gasteiger partial charge on any atom is 0.239 e. The minimum absolute atomic E-state index is 0.0455. The van der Waals surface area contributed by atoms with Gasteiger partial charge in [-0.15, -0.1) is 0 Å². The molecule has 1 aliphatic rings. The zero-order valence-electron chi connectivity index (χ0n) is 9.00. The smallest absolute Gasteiger partial charge is 0.239 e. The van der Waals surface area contributed by atoms with Crippen LogP contribution in [0.25, 0.3) is 0 Å². The van der Waals surface area contributed by atoms with E-state index in [0.717, 1.165) is 0 Å². The van der Waals surface area contributed by atoms with E-state index in [0.29, 0.717) is 18.3 Å². The quantitative estimate of drug-likeness (QED) is 0.577. The van der Waals surface area contributed by atoms with Gasteiger partial charge >= 0.3 is 0 Å². The van der Waals surface area contributed by atoms with Crippen molar-refractivity contribution in [1.29, 1.82) is 0 Å². The molecule has 1 fully saturated rings. The Labute approximate surface area is 93.7 Å². The Balaban J connectivity index is 2.25. The van der Waals surface area contributed by atoms with E-state index in [4.69, 9.17) is 0 Å². The highest BCUT2D eigenvalue weighted by molar-refractivity contribution is 7.99. The number of hydrogen-bond donors (Lipinski definition) is 3. The van der Waals surface area contributed by atoms with Crippen molar-refractivity contribution in [2.45, 2.75) is 18.2 Å². The summed E-state index contributed by atoms with van der Waals surface area (Å²) in [5, 5.41) is 8.78. The highest BCUT2D eigenvalue weighted by Gasteiger charge is 2.23. The molecule has 0 saturated carbocycles. The summed E-state index contributed by atoms with van der Waals surface area (Å²) in [6.07, 6.45) is 2.01. The minimum Gasteiger partial charge on any atom is -0.354 e. The molecule has 3 N–H and O–H groups in total. The van der Waals surface area contributed by atoms with Gasteiger partial charge in [0.2, 0.25) is 11.8 Å². The van der Waals surface area contributed by atoms with Gasteiger partial charge in [-0.1, -0.05) is 6.92 Å². The Morgan fingerprint density at radius 1 is 1.73 bits per heavy atom. The molecule has 6 heteroatoms.